The largest absolute Gasteiger partial charge is 0.496 e. The normalized spacial score (nSPS) is 13.9. The third-order valence-corrected chi connectivity index (χ3v) is 6.16. The van der Waals surface area contributed by atoms with Gasteiger partial charge in [0.05, 0.1) is 27.4 Å². The maximum atomic E-state index is 13.3. The van der Waals surface area contributed by atoms with E-state index in [1.165, 1.54) is 7.11 Å². The monoisotopic (exact) mass is 487 g/mol. The van der Waals surface area contributed by atoms with Crippen LogP contribution in [0.5, 0.6) is 23.0 Å². The zero-order valence-corrected chi connectivity index (χ0v) is 21.1. The number of aryl methyl sites for hydroxylation is 2. The summed E-state index contributed by atoms with van der Waals surface area (Å²) < 4.78 is 28.0. The van der Waals surface area contributed by atoms with Gasteiger partial charge in [0, 0.05) is 30.8 Å². The van der Waals surface area contributed by atoms with Gasteiger partial charge in [-0.1, -0.05) is 0 Å². The highest BCUT2D eigenvalue weighted by Crippen LogP contribution is 2.38. The number of carboxylic acid groups (broad SMARTS) is 1. The van der Waals surface area contributed by atoms with Crippen LogP contribution in [0.25, 0.3) is 0 Å². The molecular formula is C26H33NO8. The minimum Gasteiger partial charge on any atom is -0.496 e. The van der Waals surface area contributed by atoms with E-state index in [1.54, 1.807) is 46.9 Å². The number of morpholine rings is 1. The highest BCUT2D eigenvalue weighted by atomic mass is 16.5. The van der Waals surface area contributed by atoms with E-state index < -0.39 is 11.9 Å². The van der Waals surface area contributed by atoms with Gasteiger partial charge >= 0.3 is 11.9 Å². The molecule has 35 heavy (non-hydrogen) atoms. The van der Waals surface area contributed by atoms with Gasteiger partial charge in [-0.05, 0) is 51.0 Å². The number of methoxy groups -OCH3 is 2. The molecule has 0 bridgehead atoms. The number of carbonyl (C=O) groups excluding carboxylic acids is 1. The Balaban J connectivity index is 1.92. The summed E-state index contributed by atoms with van der Waals surface area (Å²) in [6, 6.07) is 3.30. The predicted octanol–water partition coefficient (Wildman–Crippen LogP) is 3.57. The van der Waals surface area contributed by atoms with Crippen molar-refractivity contribution in [3.05, 3.63) is 45.5 Å². The van der Waals surface area contributed by atoms with Crippen LogP contribution in [0.1, 0.15) is 43.0 Å². The van der Waals surface area contributed by atoms with Crippen LogP contribution in [0, 0.1) is 27.7 Å². The number of nitrogens with zero attached hydrogens (tertiary/aromatic N) is 1. The molecule has 9 nitrogen and oxygen atoms in total. The fourth-order valence-electron chi connectivity index (χ4n) is 4.24. The van der Waals surface area contributed by atoms with Crippen molar-refractivity contribution in [2.45, 2.75) is 27.7 Å². The number of carboxylic acids is 1. The van der Waals surface area contributed by atoms with E-state index in [2.05, 4.69) is 4.90 Å². The molecule has 0 spiro atoms. The van der Waals surface area contributed by atoms with Gasteiger partial charge in [-0.15, -0.1) is 0 Å². The first kappa shape index (κ1) is 26.3. The van der Waals surface area contributed by atoms with Crippen LogP contribution in [0.15, 0.2) is 12.1 Å². The molecule has 2 aromatic rings. The second-order valence-electron chi connectivity index (χ2n) is 8.45. The van der Waals surface area contributed by atoms with Gasteiger partial charge in [0.25, 0.3) is 0 Å². The van der Waals surface area contributed by atoms with E-state index in [4.69, 9.17) is 23.7 Å². The highest BCUT2D eigenvalue weighted by Gasteiger charge is 2.26. The summed E-state index contributed by atoms with van der Waals surface area (Å²) in [5.41, 5.74) is 2.51. The number of hydrogen-bond acceptors (Lipinski definition) is 8. The Morgan fingerprint density at radius 2 is 1.51 bits per heavy atom. The van der Waals surface area contributed by atoms with E-state index >= 15 is 0 Å². The molecule has 1 heterocycles. The quantitative estimate of drug-likeness (QED) is 0.420. The number of aromatic carboxylic acids is 1. The minimum atomic E-state index is -1.10. The second kappa shape index (κ2) is 11.4. The van der Waals surface area contributed by atoms with Crippen LogP contribution >= 0.6 is 0 Å². The lowest BCUT2D eigenvalue weighted by Crippen LogP contribution is -2.38. The number of esters is 1. The van der Waals surface area contributed by atoms with Crippen molar-refractivity contribution in [2.75, 3.05) is 53.7 Å². The average Bonchev–Trinajstić information content (AvgIpc) is 2.83. The molecule has 0 radical (unpaired) electrons. The zero-order valence-electron chi connectivity index (χ0n) is 21.1. The molecule has 1 saturated heterocycles. The Kier molecular flexibility index (Phi) is 8.58. The van der Waals surface area contributed by atoms with Crippen molar-refractivity contribution in [2.24, 2.45) is 0 Å². The van der Waals surface area contributed by atoms with Crippen LogP contribution in [0.3, 0.4) is 0 Å². The van der Waals surface area contributed by atoms with Crippen LogP contribution < -0.4 is 18.9 Å². The Hall–Kier alpha value is -3.30. The number of hydrogen-bond donors (Lipinski definition) is 1. The third-order valence-electron chi connectivity index (χ3n) is 6.16. The Morgan fingerprint density at radius 1 is 0.914 bits per heavy atom. The second-order valence-corrected chi connectivity index (χ2v) is 8.45. The molecule has 9 heteroatoms. The van der Waals surface area contributed by atoms with E-state index in [0.29, 0.717) is 60.1 Å². The van der Waals surface area contributed by atoms with Gasteiger partial charge in [-0.3, -0.25) is 4.90 Å². The van der Waals surface area contributed by atoms with E-state index in [0.717, 1.165) is 13.1 Å². The van der Waals surface area contributed by atoms with Crippen molar-refractivity contribution >= 4 is 11.9 Å². The first-order valence-electron chi connectivity index (χ1n) is 11.4. The van der Waals surface area contributed by atoms with Gasteiger partial charge in [0.15, 0.2) is 0 Å². The standard InChI is InChI=1S/C26H33NO8/c1-15-14-20(35-26(30)22-16(2)13-19(31-5)17(3)23(22)32-6)18(4)24(21(15)25(28)29)34-12-9-27-7-10-33-11-8-27/h13-14H,7-12H2,1-6H3,(H,28,29). The average molecular weight is 488 g/mol. The van der Waals surface area contributed by atoms with Gasteiger partial charge in [-0.25, -0.2) is 9.59 Å². The smallest absolute Gasteiger partial charge is 0.347 e. The summed E-state index contributed by atoms with van der Waals surface area (Å²) in [6.07, 6.45) is 0. The summed E-state index contributed by atoms with van der Waals surface area (Å²) in [6.45, 7) is 10.8. The third kappa shape index (κ3) is 5.68. The van der Waals surface area contributed by atoms with Crippen LogP contribution in [0.4, 0.5) is 0 Å². The summed E-state index contributed by atoms with van der Waals surface area (Å²) in [7, 11) is 3.03. The predicted molar refractivity (Wildman–Crippen MR) is 130 cm³/mol. The minimum absolute atomic E-state index is 0.0540. The molecule has 0 aromatic heterocycles. The molecule has 0 saturated carbocycles. The molecule has 0 amide bonds. The number of benzene rings is 2. The van der Waals surface area contributed by atoms with Crippen molar-refractivity contribution in [1.29, 1.82) is 0 Å². The van der Waals surface area contributed by atoms with Crippen LogP contribution in [-0.4, -0.2) is 75.6 Å². The van der Waals surface area contributed by atoms with Gasteiger partial charge in [0.2, 0.25) is 0 Å². The van der Waals surface area contributed by atoms with E-state index in [1.807, 2.05) is 0 Å². The van der Waals surface area contributed by atoms with Gasteiger partial charge in [0.1, 0.15) is 40.7 Å². The SMILES string of the molecule is COc1cc(C)c(C(=O)Oc2cc(C)c(C(=O)O)c(OCCN3CCOCC3)c2C)c(OC)c1C. The summed E-state index contributed by atoms with van der Waals surface area (Å²) in [4.78, 5) is 27.5. The molecule has 1 fully saturated rings. The summed E-state index contributed by atoms with van der Waals surface area (Å²) in [5.74, 6) is -0.324. The Labute approximate surface area is 205 Å². The van der Waals surface area contributed by atoms with E-state index in [-0.39, 0.29) is 22.6 Å². The molecule has 1 N–H and O–H groups in total. The fraction of sp³-hybridized carbons (Fsp3) is 0.462. The summed E-state index contributed by atoms with van der Waals surface area (Å²) in [5, 5.41) is 9.81. The first-order chi connectivity index (χ1) is 16.7. The molecular weight excluding hydrogens is 454 g/mol. The van der Waals surface area contributed by atoms with Gasteiger partial charge < -0.3 is 28.8 Å². The molecule has 1 aliphatic heterocycles. The number of rotatable bonds is 9. The number of ether oxygens (including phenoxy) is 5. The molecule has 3 rings (SSSR count). The van der Waals surface area contributed by atoms with Crippen LogP contribution in [0.2, 0.25) is 0 Å². The lowest BCUT2D eigenvalue weighted by molar-refractivity contribution is 0.0321. The molecule has 190 valence electrons. The number of carbonyl (C=O) groups is 2. The van der Waals surface area contributed by atoms with Crippen molar-refractivity contribution < 1.29 is 38.4 Å². The molecule has 0 aliphatic carbocycles. The molecule has 0 atom stereocenters. The topological polar surface area (TPSA) is 104 Å². The van der Waals surface area contributed by atoms with E-state index in [9.17, 15) is 14.7 Å². The molecule has 2 aromatic carbocycles. The molecule has 1 aliphatic rings. The Morgan fingerprint density at radius 3 is 2.11 bits per heavy atom. The highest BCUT2D eigenvalue weighted by molar-refractivity contribution is 5.98. The van der Waals surface area contributed by atoms with Crippen molar-refractivity contribution in [1.82, 2.24) is 4.90 Å². The fourth-order valence-corrected chi connectivity index (χ4v) is 4.24. The van der Waals surface area contributed by atoms with Crippen molar-refractivity contribution in [3.8, 4) is 23.0 Å². The maximum Gasteiger partial charge on any atom is 0.347 e. The van der Waals surface area contributed by atoms with Crippen molar-refractivity contribution in [3.63, 3.8) is 0 Å². The van der Waals surface area contributed by atoms with Crippen LogP contribution in [-0.2, 0) is 4.74 Å². The summed E-state index contributed by atoms with van der Waals surface area (Å²) >= 11 is 0. The lowest BCUT2D eigenvalue weighted by atomic mass is 10.0. The maximum absolute atomic E-state index is 13.3. The first-order valence-corrected chi connectivity index (χ1v) is 11.4. The van der Waals surface area contributed by atoms with Gasteiger partial charge in [-0.2, -0.15) is 0 Å². The molecule has 0 unspecified atom stereocenters. The Bertz CT molecular complexity index is 1110. The zero-order chi connectivity index (χ0) is 25.7. The lowest BCUT2D eigenvalue weighted by Gasteiger charge is -2.26.